The molecule has 30 heavy (non-hydrogen) atoms. The number of nitrogens with zero attached hydrogens (tertiary/aromatic N) is 2. The Kier molecular flexibility index (Phi) is 6.34. The number of hydrogen-bond donors (Lipinski definition) is 3. The lowest BCUT2D eigenvalue weighted by molar-refractivity contribution is -0.145. The zero-order valence-corrected chi connectivity index (χ0v) is 17.1. The van der Waals surface area contributed by atoms with Crippen LogP contribution < -0.4 is 11.1 Å². The number of primary amides is 1. The molecule has 1 saturated heterocycles. The van der Waals surface area contributed by atoms with E-state index >= 15 is 0 Å². The molecule has 3 amide bonds. The van der Waals surface area contributed by atoms with Gasteiger partial charge in [-0.3, -0.25) is 19.4 Å². The van der Waals surface area contributed by atoms with Gasteiger partial charge in [-0.05, 0) is 54.5 Å². The molecule has 2 heterocycles. The van der Waals surface area contributed by atoms with Crippen molar-refractivity contribution in [3.63, 3.8) is 0 Å². The molecule has 158 valence electrons. The van der Waals surface area contributed by atoms with E-state index in [1.807, 2.05) is 19.9 Å². The van der Waals surface area contributed by atoms with Gasteiger partial charge >= 0.3 is 11.8 Å². The number of nitrogens with two attached hydrogens (primary N) is 1. The first-order valence-corrected chi connectivity index (χ1v) is 9.97. The SMILES string of the molecule is CC(C)c1cc([C@@H]2CCCCN2C(=O)C(=O)Nc2cncc(C(N)=O)c2)ccc1O. The number of pyridine rings is 1. The molecule has 1 aromatic carbocycles. The van der Waals surface area contributed by atoms with Crippen molar-refractivity contribution in [3.05, 3.63) is 53.3 Å². The van der Waals surface area contributed by atoms with Crippen molar-refractivity contribution in [1.82, 2.24) is 9.88 Å². The normalized spacial score (nSPS) is 16.4. The Bertz CT molecular complexity index is 973. The van der Waals surface area contributed by atoms with Gasteiger partial charge in [-0.15, -0.1) is 0 Å². The van der Waals surface area contributed by atoms with Crippen LogP contribution >= 0.6 is 0 Å². The number of aromatic nitrogens is 1. The average Bonchev–Trinajstić information content (AvgIpc) is 2.73. The number of carbonyl (C=O) groups excluding carboxylic acids is 3. The van der Waals surface area contributed by atoms with Gasteiger partial charge in [0.2, 0.25) is 5.91 Å². The van der Waals surface area contributed by atoms with E-state index in [1.165, 1.54) is 18.5 Å². The van der Waals surface area contributed by atoms with E-state index < -0.39 is 17.7 Å². The first-order chi connectivity index (χ1) is 14.3. The maximum Gasteiger partial charge on any atom is 0.313 e. The zero-order valence-electron chi connectivity index (χ0n) is 17.1. The Hall–Kier alpha value is -3.42. The van der Waals surface area contributed by atoms with Crippen molar-refractivity contribution >= 4 is 23.4 Å². The van der Waals surface area contributed by atoms with Gasteiger partial charge in [0.15, 0.2) is 0 Å². The van der Waals surface area contributed by atoms with Crippen LogP contribution in [0.25, 0.3) is 0 Å². The van der Waals surface area contributed by atoms with Crippen LogP contribution in [0.3, 0.4) is 0 Å². The number of amides is 3. The molecule has 0 spiro atoms. The number of benzene rings is 1. The second kappa shape index (κ2) is 8.94. The summed E-state index contributed by atoms with van der Waals surface area (Å²) < 4.78 is 0. The Morgan fingerprint density at radius 3 is 2.67 bits per heavy atom. The van der Waals surface area contributed by atoms with Crippen molar-refractivity contribution in [2.24, 2.45) is 5.73 Å². The molecule has 8 nitrogen and oxygen atoms in total. The number of likely N-dealkylation sites (tertiary alicyclic amines) is 1. The van der Waals surface area contributed by atoms with Gasteiger partial charge in [0.1, 0.15) is 5.75 Å². The van der Waals surface area contributed by atoms with Gasteiger partial charge in [0.25, 0.3) is 0 Å². The summed E-state index contributed by atoms with van der Waals surface area (Å²) in [6.07, 6.45) is 5.12. The average molecular weight is 410 g/mol. The summed E-state index contributed by atoms with van der Waals surface area (Å²) in [6.45, 7) is 4.45. The highest BCUT2D eigenvalue weighted by molar-refractivity contribution is 6.39. The second-order valence-corrected chi connectivity index (χ2v) is 7.76. The lowest BCUT2D eigenvalue weighted by atomic mass is 9.91. The highest BCUT2D eigenvalue weighted by Gasteiger charge is 2.32. The van der Waals surface area contributed by atoms with E-state index in [0.717, 1.165) is 30.4 Å². The topological polar surface area (TPSA) is 126 Å². The molecule has 0 radical (unpaired) electrons. The first kappa shape index (κ1) is 21.3. The van der Waals surface area contributed by atoms with Crippen LogP contribution in [0.15, 0.2) is 36.7 Å². The molecule has 0 unspecified atom stereocenters. The molecule has 3 rings (SSSR count). The predicted octanol–water partition coefficient (Wildman–Crippen LogP) is 2.70. The smallest absolute Gasteiger partial charge is 0.313 e. The van der Waals surface area contributed by atoms with Crippen LogP contribution in [-0.2, 0) is 9.59 Å². The molecular formula is C22H26N4O4. The molecule has 1 fully saturated rings. The van der Waals surface area contributed by atoms with Crippen molar-refractivity contribution in [2.45, 2.75) is 45.1 Å². The van der Waals surface area contributed by atoms with Crippen LogP contribution in [0.1, 0.15) is 66.6 Å². The molecule has 8 heteroatoms. The third kappa shape index (κ3) is 4.59. The molecule has 4 N–H and O–H groups in total. The van der Waals surface area contributed by atoms with E-state index in [-0.39, 0.29) is 29.0 Å². The number of hydrogen-bond acceptors (Lipinski definition) is 5. The third-order valence-electron chi connectivity index (χ3n) is 5.30. The van der Waals surface area contributed by atoms with Gasteiger partial charge in [-0.1, -0.05) is 19.9 Å². The maximum atomic E-state index is 12.9. The van der Waals surface area contributed by atoms with E-state index in [2.05, 4.69) is 10.3 Å². The molecular weight excluding hydrogens is 384 g/mol. The maximum absolute atomic E-state index is 12.9. The summed E-state index contributed by atoms with van der Waals surface area (Å²) in [5, 5.41) is 12.6. The van der Waals surface area contributed by atoms with Crippen LogP contribution in [0.5, 0.6) is 5.75 Å². The van der Waals surface area contributed by atoms with Crippen LogP contribution in [0.2, 0.25) is 0 Å². The first-order valence-electron chi connectivity index (χ1n) is 9.97. The highest BCUT2D eigenvalue weighted by Crippen LogP contribution is 2.35. The van der Waals surface area contributed by atoms with Crippen molar-refractivity contribution in [2.75, 3.05) is 11.9 Å². The van der Waals surface area contributed by atoms with Gasteiger partial charge in [0, 0.05) is 12.7 Å². The lowest BCUT2D eigenvalue weighted by Gasteiger charge is -2.36. The second-order valence-electron chi connectivity index (χ2n) is 7.76. The molecule has 0 bridgehead atoms. The fourth-order valence-electron chi connectivity index (χ4n) is 3.72. The summed E-state index contributed by atoms with van der Waals surface area (Å²) in [7, 11) is 0. The number of aromatic hydroxyl groups is 1. The van der Waals surface area contributed by atoms with Crippen LogP contribution in [0, 0.1) is 0 Å². The predicted molar refractivity (Wildman–Crippen MR) is 112 cm³/mol. The Labute approximate surface area is 175 Å². The minimum atomic E-state index is -0.798. The Morgan fingerprint density at radius 2 is 1.97 bits per heavy atom. The summed E-state index contributed by atoms with van der Waals surface area (Å²) >= 11 is 0. The monoisotopic (exact) mass is 410 g/mol. The highest BCUT2D eigenvalue weighted by atomic mass is 16.3. The number of nitrogens with one attached hydrogen (secondary N) is 1. The number of rotatable bonds is 4. The van der Waals surface area contributed by atoms with Crippen LogP contribution in [0.4, 0.5) is 5.69 Å². The molecule has 1 atom stereocenters. The van der Waals surface area contributed by atoms with Gasteiger partial charge < -0.3 is 21.1 Å². The van der Waals surface area contributed by atoms with Gasteiger partial charge in [-0.25, -0.2) is 0 Å². The minimum Gasteiger partial charge on any atom is -0.508 e. The molecule has 1 aliphatic rings. The lowest BCUT2D eigenvalue weighted by Crippen LogP contribution is -2.44. The number of phenols is 1. The summed E-state index contributed by atoms with van der Waals surface area (Å²) in [5.41, 5.74) is 7.31. The quantitative estimate of drug-likeness (QED) is 0.668. The number of phenolic OH excluding ortho intramolecular Hbond substituents is 1. The van der Waals surface area contributed by atoms with Crippen molar-refractivity contribution in [1.29, 1.82) is 0 Å². The fraction of sp³-hybridized carbons (Fsp3) is 0.364. The molecule has 1 aromatic heterocycles. The van der Waals surface area contributed by atoms with Gasteiger partial charge in [0.05, 0.1) is 23.5 Å². The number of piperidine rings is 1. The number of anilines is 1. The zero-order chi connectivity index (χ0) is 21.8. The minimum absolute atomic E-state index is 0.131. The summed E-state index contributed by atoms with van der Waals surface area (Å²) in [4.78, 5) is 42.3. The van der Waals surface area contributed by atoms with Crippen LogP contribution in [-0.4, -0.2) is 39.3 Å². The molecule has 0 aliphatic carbocycles. The van der Waals surface area contributed by atoms with Crippen molar-refractivity contribution in [3.8, 4) is 5.75 Å². The van der Waals surface area contributed by atoms with E-state index in [9.17, 15) is 19.5 Å². The standard InChI is InChI=1S/C22H26N4O4/c1-13(2)17-10-14(6-7-19(17)27)18-5-3-4-8-26(18)22(30)21(29)25-16-9-15(20(23)28)11-24-12-16/h6-7,9-13,18,27H,3-5,8H2,1-2H3,(H2,23,28)(H,25,29)/t18-/m0/s1. The van der Waals surface area contributed by atoms with Gasteiger partial charge in [-0.2, -0.15) is 0 Å². The fourth-order valence-corrected chi connectivity index (χ4v) is 3.72. The Morgan fingerprint density at radius 1 is 1.20 bits per heavy atom. The third-order valence-corrected chi connectivity index (χ3v) is 5.30. The summed E-state index contributed by atoms with van der Waals surface area (Å²) in [5.74, 6) is -1.76. The largest absolute Gasteiger partial charge is 0.508 e. The number of carbonyl (C=O) groups is 3. The summed E-state index contributed by atoms with van der Waals surface area (Å²) in [6, 6.07) is 6.49. The molecule has 1 aliphatic heterocycles. The Balaban J connectivity index is 1.81. The van der Waals surface area contributed by atoms with E-state index in [4.69, 9.17) is 5.73 Å². The van der Waals surface area contributed by atoms with E-state index in [0.29, 0.717) is 6.54 Å². The molecule has 2 aromatic rings. The molecule has 0 saturated carbocycles. The van der Waals surface area contributed by atoms with E-state index in [1.54, 1.807) is 17.0 Å². The van der Waals surface area contributed by atoms with Crippen molar-refractivity contribution < 1.29 is 19.5 Å².